The molecule has 596 valence electrons. The summed E-state index contributed by atoms with van der Waals surface area (Å²) in [6.45, 7) is 2.34. The molecule has 0 saturated heterocycles. The standard InChI is InChI=1S/C87H142O16P2/c1-4-7-10-13-16-19-22-25-28-31-34-37-39-40-42-45-46-49-52-55-58-61-64-67-70-73-85(90)97-76-82(88)77-99-104(93,94)100-78-83(89)79-101-105(95,96)102-81-84(103-87(92)75-72-69-66-63-60-57-54-51-48-43-36-33-30-27-24-21-18-15-12-9-6-3)80-98-86(91)74-71-68-65-62-59-56-53-50-47-44-41-38-35-32-29-26-23-20-17-14-11-8-5-2/h8-9,11-12,16-21,25-30,34-38,40,42-44,47,51,54,60,63,82-84,88-89H,4-7,10,13-15,22-24,31-33,39,41,45-46,48-50,52-53,55-59,61-62,64-81H2,1-3H3,(H,93,94)(H,95,96)/b11-8-,12-9-,19-16-,20-17-,21-18-,28-25-,29-26-,30-27-,37-34-,38-35-,42-40-,43-36-,47-44-,54-51-,63-60-. The number of rotatable bonds is 74. The number of carbonyl (C=O) groups excluding carboxylic acids is 3. The molecule has 105 heavy (non-hydrogen) atoms. The molecule has 0 fully saturated rings. The largest absolute Gasteiger partial charge is 0.472 e. The second-order valence-electron chi connectivity index (χ2n) is 26.1. The molecule has 0 bridgehead atoms. The minimum Gasteiger partial charge on any atom is -0.463 e. The van der Waals surface area contributed by atoms with Crippen LogP contribution >= 0.6 is 15.6 Å². The number of phosphoric acid groups is 2. The van der Waals surface area contributed by atoms with Gasteiger partial charge in [0.25, 0.3) is 0 Å². The molecule has 0 aromatic rings. The van der Waals surface area contributed by atoms with E-state index >= 15 is 0 Å². The highest BCUT2D eigenvalue weighted by molar-refractivity contribution is 7.47. The van der Waals surface area contributed by atoms with Crippen LogP contribution in [0.15, 0.2) is 182 Å². The van der Waals surface area contributed by atoms with Crippen LogP contribution in [0.4, 0.5) is 0 Å². The molecule has 0 amide bonds. The average molecular weight is 1510 g/mol. The third-order valence-corrected chi connectivity index (χ3v) is 18.0. The highest BCUT2D eigenvalue weighted by Crippen LogP contribution is 2.45. The lowest BCUT2D eigenvalue weighted by Gasteiger charge is -2.21. The van der Waals surface area contributed by atoms with E-state index in [9.17, 15) is 43.5 Å². The number of carbonyl (C=O) groups is 3. The van der Waals surface area contributed by atoms with Crippen LogP contribution in [0, 0.1) is 0 Å². The van der Waals surface area contributed by atoms with Gasteiger partial charge in [0.05, 0.1) is 26.4 Å². The van der Waals surface area contributed by atoms with Crippen molar-refractivity contribution in [3.63, 3.8) is 0 Å². The van der Waals surface area contributed by atoms with Crippen molar-refractivity contribution in [2.45, 2.75) is 309 Å². The fourth-order valence-electron chi connectivity index (χ4n) is 10.1. The van der Waals surface area contributed by atoms with E-state index in [2.05, 4.69) is 203 Å². The molecule has 0 aliphatic carbocycles. The van der Waals surface area contributed by atoms with Gasteiger partial charge in [-0.25, -0.2) is 9.13 Å². The molecule has 0 aliphatic heterocycles. The number of allylic oxidation sites excluding steroid dienone is 30. The van der Waals surface area contributed by atoms with Gasteiger partial charge < -0.3 is 34.2 Å². The van der Waals surface area contributed by atoms with Crippen molar-refractivity contribution in [3.05, 3.63) is 182 Å². The molecule has 4 N–H and O–H groups in total. The second kappa shape index (κ2) is 78.2. The van der Waals surface area contributed by atoms with Gasteiger partial charge in [-0.05, 0) is 161 Å². The smallest absolute Gasteiger partial charge is 0.463 e. The van der Waals surface area contributed by atoms with Gasteiger partial charge in [-0.2, -0.15) is 0 Å². The van der Waals surface area contributed by atoms with Crippen molar-refractivity contribution in [3.8, 4) is 0 Å². The highest BCUT2D eigenvalue weighted by atomic mass is 31.2. The number of esters is 3. The molecule has 0 radical (unpaired) electrons. The first-order valence-corrected chi connectivity index (χ1v) is 43.1. The summed E-state index contributed by atoms with van der Waals surface area (Å²) < 4.78 is 61.2. The quantitative estimate of drug-likeness (QED) is 0.0146. The van der Waals surface area contributed by atoms with E-state index in [4.69, 9.17) is 32.3 Å². The Balaban J connectivity index is 4.75. The lowest BCUT2D eigenvalue weighted by Crippen LogP contribution is -2.30. The molecule has 0 spiro atoms. The maximum absolute atomic E-state index is 13.0. The molecular formula is C87H142O16P2. The molecule has 5 unspecified atom stereocenters. The summed E-state index contributed by atoms with van der Waals surface area (Å²) in [5.41, 5.74) is 0. The van der Waals surface area contributed by atoms with Crippen LogP contribution in [0.1, 0.15) is 290 Å². The Morgan fingerprint density at radius 1 is 0.276 bits per heavy atom. The monoisotopic (exact) mass is 1500 g/mol. The van der Waals surface area contributed by atoms with E-state index in [1.165, 1.54) is 51.4 Å². The summed E-state index contributed by atoms with van der Waals surface area (Å²) in [6.07, 6.45) is 101. The van der Waals surface area contributed by atoms with Gasteiger partial charge in [0.2, 0.25) is 0 Å². The Labute approximate surface area is 636 Å². The SMILES string of the molecule is CC/C=C\C/C=C\C/C=C\C/C=C\C/C=C\C/C=C\CCCCC(=O)OC(COC(=O)CCCCCCCCC/C=C\C/C=C\C/C=C\C/C=C\C/C=C\CC)COP(=O)(O)OCC(O)COP(=O)(O)OCC(O)COC(=O)CCCCCCCCCCC/C=C\C/C=C\C/C=C\C/C=C\CCCCC. The van der Waals surface area contributed by atoms with Gasteiger partial charge in [-0.1, -0.05) is 293 Å². The number of phosphoric ester groups is 2. The van der Waals surface area contributed by atoms with Crippen molar-refractivity contribution in [1.29, 1.82) is 0 Å². The maximum atomic E-state index is 13.0. The van der Waals surface area contributed by atoms with E-state index < -0.39 is 91.5 Å². The molecule has 0 rings (SSSR count). The molecule has 0 aliphatic rings. The van der Waals surface area contributed by atoms with Gasteiger partial charge in [-0.15, -0.1) is 0 Å². The molecule has 0 aromatic carbocycles. The first kappa shape index (κ1) is 99.7. The van der Waals surface area contributed by atoms with E-state index in [-0.39, 0.29) is 19.3 Å². The fraction of sp³-hybridized carbons (Fsp3) is 0.621. The summed E-state index contributed by atoms with van der Waals surface area (Å²) in [6, 6.07) is 0. The molecule has 0 aromatic heterocycles. The number of ether oxygens (including phenoxy) is 3. The number of aliphatic hydroxyl groups is 2. The third-order valence-electron chi connectivity index (χ3n) is 16.1. The average Bonchev–Trinajstić information content (AvgIpc) is 0.922. The van der Waals surface area contributed by atoms with Crippen molar-refractivity contribution in [2.75, 3.05) is 39.6 Å². The summed E-state index contributed by atoms with van der Waals surface area (Å²) in [5, 5.41) is 20.7. The van der Waals surface area contributed by atoms with E-state index in [1.807, 2.05) is 0 Å². The van der Waals surface area contributed by atoms with Crippen molar-refractivity contribution in [1.82, 2.24) is 0 Å². The zero-order chi connectivity index (χ0) is 76.6. The zero-order valence-corrected chi connectivity index (χ0v) is 66.9. The van der Waals surface area contributed by atoms with Crippen LogP contribution in [0.5, 0.6) is 0 Å². The molecule has 18 heteroatoms. The van der Waals surface area contributed by atoms with Crippen LogP contribution in [-0.2, 0) is 55.8 Å². The number of unbranched alkanes of at least 4 members (excludes halogenated alkanes) is 21. The summed E-state index contributed by atoms with van der Waals surface area (Å²) >= 11 is 0. The van der Waals surface area contributed by atoms with Crippen LogP contribution in [0.25, 0.3) is 0 Å². The van der Waals surface area contributed by atoms with Crippen molar-refractivity contribution >= 4 is 33.6 Å². The Bertz CT molecular complexity index is 2640. The number of aliphatic hydroxyl groups excluding tert-OH is 2. The Hall–Kier alpha value is -5.35. The van der Waals surface area contributed by atoms with Crippen molar-refractivity contribution < 1.29 is 75.8 Å². The van der Waals surface area contributed by atoms with Crippen LogP contribution in [0.2, 0.25) is 0 Å². The second-order valence-corrected chi connectivity index (χ2v) is 29.0. The first-order valence-electron chi connectivity index (χ1n) is 40.1. The van der Waals surface area contributed by atoms with E-state index in [0.717, 1.165) is 173 Å². The lowest BCUT2D eigenvalue weighted by atomic mass is 10.1. The lowest BCUT2D eigenvalue weighted by molar-refractivity contribution is -0.161. The molecule has 5 atom stereocenters. The molecular weight excluding hydrogens is 1360 g/mol. The minimum absolute atomic E-state index is 0.0390. The van der Waals surface area contributed by atoms with E-state index in [1.54, 1.807) is 0 Å². The van der Waals surface area contributed by atoms with Crippen LogP contribution < -0.4 is 0 Å². The van der Waals surface area contributed by atoms with Crippen molar-refractivity contribution in [2.24, 2.45) is 0 Å². The number of hydrogen-bond acceptors (Lipinski definition) is 14. The van der Waals surface area contributed by atoms with Gasteiger partial charge in [0, 0.05) is 19.3 Å². The van der Waals surface area contributed by atoms with Gasteiger partial charge in [0.1, 0.15) is 25.4 Å². The third kappa shape index (κ3) is 79.5. The predicted molar refractivity (Wildman–Crippen MR) is 435 cm³/mol. The topological polar surface area (TPSA) is 231 Å². The zero-order valence-electron chi connectivity index (χ0n) is 65.1. The first-order chi connectivity index (χ1) is 51.2. The van der Waals surface area contributed by atoms with E-state index in [0.29, 0.717) is 25.7 Å². The molecule has 16 nitrogen and oxygen atoms in total. The Kier molecular flexibility index (Phi) is 74.3. The molecule has 0 saturated carbocycles. The Morgan fingerprint density at radius 3 is 0.819 bits per heavy atom. The summed E-state index contributed by atoms with van der Waals surface area (Å²) in [7, 11) is -9.83. The number of hydrogen-bond donors (Lipinski definition) is 4. The van der Waals surface area contributed by atoms with Crippen LogP contribution in [0.3, 0.4) is 0 Å². The fourth-order valence-corrected chi connectivity index (χ4v) is 11.6. The summed E-state index contributed by atoms with van der Waals surface area (Å²) in [5.74, 6) is -1.65. The maximum Gasteiger partial charge on any atom is 0.472 e. The normalized spacial score (nSPS) is 14.9. The minimum atomic E-state index is -4.96. The van der Waals surface area contributed by atoms with Crippen LogP contribution in [-0.4, -0.2) is 95.9 Å². The van der Waals surface area contributed by atoms with Gasteiger partial charge in [-0.3, -0.25) is 32.5 Å². The Morgan fingerprint density at radius 2 is 0.505 bits per heavy atom. The highest BCUT2D eigenvalue weighted by Gasteiger charge is 2.29. The predicted octanol–water partition coefficient (Wildman–Crippen LogP) is 23.8. The van der Waals surface area contributed by atoms with Gasteiger partial charge >= 0.3 is 33.6 Å². The molecule has 0 heterocycles. The van der Waals surface area contributed by atoms with Gasteiger partial charge in [0.15, 0.2) is 6.10 Å². The summed E-state index contributed by atoms with van der Waals surface area (Å²) in [4.78, 5) is 58.7.